The van der Waals surface area contributed by atoms with Gasteiger partial charge in [-0.25, -0.2) is 4.98 Å². The molecule has 1 heterocycles. The van der Waals surface area contributed by atoms with Crippen LogP contribution < -0.4 is 5.32 Å². The highest BCUT2D eigenvalue weighted by Gasteiger charge is 2.32. The van der Waals surface area contributed by atoms with E-state index in [-0.39, 0.29) is 17.9 Å². The second-order valence-corrected chi connectivity index (χ2v) is 5.71. The molecule has 0 radical (unpaired) electrons. The van der Waals surface area contributed by atoms with Gasteiger partial charge in [0.25, 0.3) is 0 Å². The van der Waals surface area contributed by atoms with E-state index < -0.39 is 6.10 Å². The fraction of sp³-hybridized carbons (Fsp3) is 0.500. The van der Waals surface area contributed by atoms with Crippen LogP contribution in [-0.4, -0.2) is 27.1 Å². The largest absolute Gasteiger partial charge is 0.392 e. The second-order valence-electron chi connectivity index (χ2n) is 5.71. The first kappa shape index (κ1) is 14.1. The summed E-state index contributed by atoms with van der Waals surface area (Å²) in [5.41, 5.74) is 1.88. The van der Waals surface area contributed by atoms with Gasteiger partial charge in [-0.05, 0) is 37.8 Å². The number of nitrogens with one attached hydrogen (secondary N) is 2. The number of hydrogen-bond acceptors (Lipinski definition) is 3. The lowest BCUT2D eigenvalue weighted by Crippen LogP contribution is -2.37. The number of carbonyl (C=O) groups excluding carboxylic acids is 1. The minimum atomic E-state index is -0.502. The molecule has 3 rings (SSSR count). The Labute approximate surface area is 123 Å². The number of benzene rings is 1. The average molecular weight is 287 g/mol. The molecule has 3 unspecified atom stereocenters. The Morgan fingerprint density at radius 1 is 1.48 bits per heavy atom. The highest BCUT2D eigenvalue weighted by atomic mass is 16.3. The lowest BCUT2D eigenvalue weighted by molar-refractivity contribution is -0.128. The maximum absolute atomic E-state index is 12.3. The first-order valence-corrected chi connectivity index (χ1v) is 7.62. The van der Waals surface area contributed by atoms with Gasteiger partial charge in [-0.3, -0.25) is 4.79 Å². The summed E-state index contributed by atoms with van der Waals surface area (Å²) in [5.74, 6) is 0.440. The molecule has 0 saturated heterocycles. The van der Waals surface area contributed by atoms with Gasteiger partial charge in [-0.2, -0.15) is 0 Å². The molecule has 1 aromatic heterocycles. The van der Waals surface area contributed by atoms with Crippen molar-refractivity contribution in [2.45, 2.75) is 44.8 Å². The zero-order chi connectivity index (χ0) is 14.8. The number of hydrogen-bond donors (Lipinski definition) is 3. The molecule has 1 aliphatic rings. The number of H-pyrrole nitrogens is 1. The molecule has 5 heteroatoms. The highest BCUT2D eigenvalue weighted by molar-refractivity contribution is 5.80. The Kier molecular flexibility index (Phi) is 3.92. The van der Waals surface area contributed by atoms with E-state index in [0.717, 1.165) is 42.5 Å². The van der Waals surface area contributed by atoms with Crippen molar-refractivity contribution < 1.29 is 9.90 Å². The van der Waals surface area contributed by atoms with E-state index in [2.05, 4.69) is 15.3 Å². The molecular weight excluding hydrogens is 266 g/mol. The number of imidazole rings is 1. The molecule has 5 nitrogen and oxygen atoms in total. The quantitative estimate of drug-likeness (QED) is 0.807. The zero-order valence-electron chi connectivity index (χ0n) is 12.2. The summed E-state index contributed by atoms with van der Waals surface area (Å²) >= 11 is 0. The van der Waals surface area contributed by atoms with Crippen molar-refractivity contribution in [3.8, 4) is 0 Å². The third-order valence-corrected chi connectivity index (χ3v) is 4.28. The molecule has 0 bridgehead atoms. The third-order valence-electron chi connectivity index (χ3n) is 4.28. The second kappa shape index (κ2) is 5.85. The van der Waals surface area contributed by atoms with Crippen LogP contribution in [0.5, 0.6) is 0 Å². The lowest BCUT2D eigenvalue weighted by atomic mass is 10.0. The number of aromatic amines is 1. The van der Waals surface area contributed by atoms with E-state index >= 15 is 0 Å². The fourth-order valence-corrected chi connectivity index (χ4v) is 3.03. The minimum Gasteiger partial charge on any atom is -0.392 e. The molecule has 0 aliphatic heterocycles. The van der Waals surface area contributed by atoms with Crippen LogP contribution in [0.15, 0.2) is 24.3 Å². The summed E-state index contributed by atoms with van der Waals surface area (Å²) in [5, 5.41) is 12.9. The van der Waals surface area contributed by atoms with Crippen LogP contribution in [0, 0.1) is 5.92 Å². The first-order chi connectivity index (χ1) is 10.2. The number of nitrogens with zero attached hydrogens (tertiary/aromatic N) is 1. The predicted octanol–water partition coefficient (Wildman–Crippen LogP) is 2.29. The van der Waals surface area contributed by atoms with Gasteiger partial charge in [0.15, 0.2) is 0 Å². The van der Waals surface area contributed by atoms with E-state index in [1.807, 2.05) is 31.2 Å². The van der Waals surface area contributed by atoms with Crippen molar-refractivity contribution >= 4 is 16.9 Å². The van der Waals surface area contributed by atoms with Crippen LogP contribution >= 0.6 is 0 Å². The van der Waals surface area contributed by atoms with Gasteiger partial charge in [0.2, 0.25) is 5.91 Å². The maximum atomic E-state index is 12.3. The Hall–Kier alpha value is -1.88. The summed E-state index contributed by atoms with van der Waals surface area (Å²) in [6.07, 6.45) is 2.66. The summed E-state index contributed by atoms with van der Waals surface area (Å²) < 4.78 is 0. The summed E-state index contributed by atoms with van der Waals surface area (Å²) in [7, 11) is 0. The van der Waals surface area contributed by atoms with E-state index in [0.29, 0.717) is 0 Å². The Morgan fingerprint density at radius 3 is 2.95 bits per heavy atom. The van der Waals surface area contributed by atoms with Gasteiger partial charge < -0.3 is 15.4 Å². The van der Waals surface area contributed by atoms with Crippen molar-refractivity contribution in [3.63, 3.8) is 0 Å². The number of aliphatic hydroxyl groups excluding tert-OH is 1. The number of aromatic nitrogens is 2. The normalized spacial score (nSPS) is 23.3. The monoisotopic (exact) mass is 287 g/mol. The van der Waals surface area contributed by atoms with Crippen molar-refractivity contribution in [2.75, 3.05) is 0 Å². The molecule has 1 saturated carbocycles. The molecule has 2 aromatic rings. The maximum Gasteiger partial charge on any atom is 0.226 e. The van der Waals surface area contributed by atoms with E-state index in [4.69, 9.17) is 0 Å². The molecule has 1 aliphatic carbocycles. The fourth-order valence-electron chi connectivity index (χ4n) is 3.03. The molecular formula is C16H21N3O2. The third kappa shape index (κ3) is 2.78. The van der Waals surface area contributed by atoms with Crippen molar-refractivity contribution in [1.29, 1.82) is 0 Å². The molecule has 0 spiro atoms. The molecule has 1 fully saturated rings. The van der Waals surface area contributed by atoms with Crippen molar-refractivity contribution in [1.82, 2.24) is 15.3 Å². The molecule has 3 N–H and O–H groups in total. The lowest BCUT2D eigenvalue weighted by Gasteiger charge is -2.19. The molecule has 1 amide bonds. The molecule has 112 valence electrons. The summed E-state index contributed by atoms with van der Waals surface area (Å²) in [6.45, 7) is 2.02. The number of amides is 1. The molecule has 21 heavy (non-hydrogen) atoms. The van der Waals surface area contributed by atoms with Crippen LogP contribution in [0.25, 0.3) is 11.0 Å². The van der Waals surface area contributed by atoms with Gasteiger partial charge in [0.1, 0.15) is 5.82 Å². The standard InChI is InChI=1S/C16H21N3O2/c1-2-11(19-16(21)10-6-5-9-14(10)20)15-17-12-7-3-4-8-13(12)18-15/h3-4,7-8,10-11,14,20H,2,5-6,9H2,1H3,(H,17,18)(H,19,21). The SMILES string of the molecule is CCC(NC(=O)C1CCCC1O)c1nc2ccccc2[nH]1. The average Bonchev–Trinajstić information content (AvgIpc) is 3.10. The van der Waals surface area contributed by atoms with Gasteiger partial charge in [-0.1, -0.05) is 19.1 Å². The van der Waals surface area contributed by atoms with E-state index in [1.165, 1.54) is 0 Å². The minimum absolute atomic E-state index is 0.0627. The molecule has 3 atom stereocenters. The van der Waals surface area contributed by atoms with Crippen molar-refractivity contribution in [3.05, 3.63) is 30.1 Å². The van der Waals surface area contributed by atoms with Gasteiger partial charge in [-0.15, -0.1) is 0 Å². The number of carbonyl (C=O) groups is 1. The summed E-state index contributed by atoms with van der Waals surface area (Å²) in [6, 6.07) is 7.68. The van der Waals surface area contributed by atoms with Crippen LogP contribution in [0.3, 0.4) is 0 Å². The van der Waals surface area contributed by atoms with Gasteiger partial charge >= 0.3 is 0 Å². The zero-order valence-corrected chi connectivity index (χ0v) is 12.2. The molecule has 1 aromatic carbocycles. The van der Waals surface area contributed by atoms with E-state index in [1.54, 1.807) is 0 Å². The number of para-hydroxylation sites is 2. The number of fused-ring (bicyclic) bond motifs is 1. The highest BCUT2D eigenvalue weighted by Crippen LogP contribution is 2.27. The smallest absolute Gasteiger partial charge is 0.226 e. The number of rotatable bonds is 4. The van der Waals surface area contributed by atoms with Crippen LogP contribution in [0.4, 0.5) is 0 Å². The Morgan fingerprint density at radius 2 is 2.29 bits per heavy atom. The van der Waals surface area contributed by atoms with Crippen LogP contribution in [0.1, 0.15) is 44.5 Å². The predicted molar refractivity (Wildman–Crippen MR) is 80.6 cm³/mol. The number of aliphatic hydroxyl groups is 1. The van der Waals surface area contributed by atoms with Gasteiger partial charge in [0, 0.05) is 0 Å². The first-order valence-electron chi connectivity index (χ1n) is 7.62. The topological polar surface area (TPSA) is 78.0 Å². The van der Waals surface area contributed by atoms with Crippen LogP contribution in [-0.2, 0) is 4.79 Å². The van der Waals surface area contributed by atoms with Gasteiger partial charge in [0.05, 0.1) is 29.1 Å². The summed E-state index contributed by atoms with van der Waals surface area (Å²) in [4.78, 5) is 20.1. The van der Waals surface area contributed by atoms with E-state index in [9.17, 15) is 9.90 Å². The van der Waals surface area contributed by atoms with Crippen molar-refractivity contribution in [2.24, 2.45) is 5.92 Å². The Balaban J connectivity index is 1.76. The van der Waals surface area contributed by atoms with Crippen LogP contribution in [0.2, 0.25) is 0 Å². The Bertz CT molecular complexity index is 604.